The van der Waals surface area contributed by atoms with Gasteiger partial charge in [0.25, 0.3) is 0 Å². The molecule has 0 bridgehead atoms. The number of fused-ring (bicyclic) bond motifs is 1. The van der Waals surface area contributed by atoms with Crippen LogP contribution in [0.5, 0.6) is 0 Å². The number of unbranched alkanes of at least 4 members (excludes halogenated alkanes) is 1. The quantitative estimate of drug-likeness (QED) is 0.236. The van der Waals surface area contributed by atoms with E-state index in [4.69, 9.17) is 0 Å². The standard InChI is InChI=1S/C26H38/c1-21(19-20-23-13-4-3-5-14-23)11-6-7-12-22(2)25-18-10-16-24-15-8-9-17-26(24)25/h4,13-14,19-20,24-26H,1-3,5-12,15-18H2/b20-19+. The molecule has 0 heterocycles. The van der Waals surface area contributed by atoms with Crippen LogP contribution in [0.25, 0.3) is 0 Å². The molecule has 0 spiro atoms. The Morgan fingerprint density at radius 1 is 0.962 bits per heavy atom. The maximum absolute atomic E-state index is 4.53. The predicted molar refractivity (Wildman–Crippen MR) is 115 cm³/mol. The molecule has 0 amide bonds. The molecule has 0 aromatic carbocycles. The van der Waals surface area contributed by atoms with Crippen molar-refractivity contribution in [2.45, 2.75) is 83.5 Å². The van der Waals surface area contributed by atoms with Crippen molar-refractivity contribution in [3.8, 4) is 0 Å². The predicted octanol–water partition coefficient (Wildman–Crippen LogP) is 8.10. The smallest absolute Gasteiger partial charge is 0.0175 e. The van der Waals surface area contributed by atoms with Gasteiger partial charge in [-0.2, -0.15) is 0 Å². The highest BCUT2D eigenvalue weighted by Crippen LogP contribution is 2.46. The highest BCUT2D eigenvalue weighted by Gasteiger charge is 2.35. The molecule has 0 aliphatic heterocycles. The van der Waals surface area contributed by atoms with Crippen LogP contribution in [0.2, 0.25) is 0 Å². The van der Waals surface area contributed by atoms with E-state index in [1.807, 2.05) is 0 Å². The van der Waals surface area contributed by atoms with E-state index >= 15 is 0 Å². The molecule has 2 fully saturated rings. The molecule has 0 N–H and O–H groups in total. The normalized spacial score (nSPS) is 28.6. The van der Waals surface area contributed by atoms with E-state index in [0.29, 0.717) is 0 Å². The summed E-state index contributed by atoms with van der Waals surface area (Å²) in [5.41, 5.74) is 4.17. The topological polar surface area (TPSA) is 0 Å². The summed E-state index contributed by atoms with van der Waals surface area (Å²) < 4.78 is 0. The summed E-state index contributed by atoms with van der Waals surface area (Å²) in [6.07, 6.45) is 28.7. The van der Waals surface area contributed by atoms with Crippen molar-refractivity contribution < 1.29 is 0 Å². The fraction of sp³-hybridized carbons (Fsp3) is 0.615. The van der Waals surface area contributed by atoms with Gasteiger partial charge in [-0.05, 0) is 74.7 Å². The zero-order valence-electron chi connectivity index (χ0n) is 16.7. The third kappa shape index (κ3) is 5.60. The summed E-state index contributed by atoms with van der Waals surface area (Å²) in [6.45, 7) is 8.77. The van der Waals surface area contributed by atoms with Crippen LogP contribution in [-0.2, 0) is 0 Å². The highest BCUT2D eigenvalue weighted by molar-refractivity contribution is 5.35. The average molecular weight is 351 g/mol. The van der Waals surface area contributed by atoms with Crippen LogP contribution in [0.1, 0.15) is 83.5 Å². The zero-order valence-corrected chi connectivity index (χ0v) is 16.7. The molecule has 3 atom stereocenters. The van der Waals surface area contributed by atoms with E-state index in [1.165, 1.54) is 88.2 Å². The number of hydrogen-bond acceptors (Lipinski definition) is 0. The third-order valence-corrected chi connectivity index (χ3v) is 6.88. The lowest BCUT2D eigenvalue weighted by Gasteiger charge is -2.42. The van der Waals surface area contributed by atoms with Crippen LogP contribution in [-0.4, -0.2) is 0 Å². The van der Waals surface area contributed by atoms with E-state index in [2.05, 4.69) is 43.5 Å². The summed E-state index contributed by atoms with van der Waals surface area (Å²) in [5, 5.41) is 0. The maximum atomic E-state index is 4.53. The molecule has 0 aromatic heterocycles. The Balaban J connectivity index is 1.35. The highest BCUT2D eigenvalue weighted by atomic mass is 14.4. The van der Waals surface area contributed by atoms with E-state index in [-0.39, 0.29) is 0 Å². The Morgan fingerprint density at radius 2 is 1.77 bits per heavy atom. The van der Waals surface area contributed by atoms with Crippen molar-refractivity contribution in [2.24, 2.45) is 17.8 Å². The molecule has 142 valence electrons. The Bertz CT molecular complexity index is 569. The monoisotopic (exact) mass is 350 g/mol. The van der Waals surface area contributed by atoms with Crippen LogP contribution in [0.15, 0.2) is 60.3 Å². The van der Waals surface area contributed by atoms with Crippen molar-refractivity contribution in [2.75, 3.05) is 0 Å². The largest absolute Gasteiger partial charge is 0.0996 e. The van der Waals surface area contributed by atoms with Gasteiger partial charge in [0.15, 0.2) is 0 Å². The molecule has 2 saturated carbocycles. The Kier molecular flexibility index (Phi) is 7.59. The van der Waals surface area contributed by atoms with Crippen molar-refractivity contribution in [3.63, 3.8) is 0 Å². The second kappa shape index (κ2) is 10.1. The molecule has 3 aliphatic carbocycles. The Morgan fingerprint density at radius 3 is 2.62 bits per heavy atom. The van der Waals surface area contributed by atoms with Gasteiger partial charge in [-0.1, -0.05) is 86.8 Å². The van der Waals surface area contributed by atoms with Crippen molar-refractivity contribution >= 4 is 0 Å². The van der Waals surface area contributed by atoms with E-state index in [9.17, 15) is 0 Å². The van der Waals surface area contributed by atoms with Crippen LogP contribution in [0, 0.1) is 17.8 Å². The van der Waals surface area contributed by atoms with Gasteiger partial charge in [0.1, 0.15) is 0 Å². The van der Waals surface area contributed by atoms with Crippen molar-refractivity contribution in [1.82, 2.24) is 0 Å². The summed E-state index contributed by atoms with van der Waals surface area (Å²) in [5.74, 6) is 2.83. The summed E-state index contributed by atoms with van der Waals surface area (Å²) in [7, 11) is 0. The lowest BCUT2D eigenvalue weighted by atomic mass is 9.63. The average Bonchev–Trinajstić information content (AvgIpc) is 2.70. The zero-order chi connectivity index (χ0) is 18.2. The molecule has 0 radical (unpaired) electrons. The molecule has 3 aliphatic rings. The van der Waals surface area contributed by atoms with Gasteiger partial charge in [0.2, 0.25) is 0 Å². The SMILES string of the molecule is C=C(/C=C/C1=CCCC=C1)CCCCC(=C)C1CCCC2CCCCC21. The van der Waals surface area contributed by atoms with Gasteiger partial charge in [0, 0.05) is 0 Å². The van der Waals surface area contributed by atoms with Gasteiger partial charge < -0.3 is 0 Å². The summed E-state index contributed by atoms with van der Waals surface area (Å²) >= 11 is 0. The molecule has 26 heavy (non-hydrogen) atoms. The number of hydrogen-bond donors (Lipinski definition) is 0. The second-order valence-electron chi connectivity index (χ2n) is 8.79. The van der Waals surface area contributed by atoms with Crippen LogP contribution < -0.4 is 0 Å². The first-order valence-electron chi connectivity index (χ1n) is 11.1. The first kappa shape index (κ1) is 19.5. The fourth-order valence-electron chi connectivity index (χ4n) is 5.39. The van der Waals surface area contributed by atoms with Gasteiger partial charge in [-0.25, -0.2) is 0 Å². The minimum atomic E-state index is 0.835. The third-order valence-electron chi connectivity index (χ3n) is 6.88. The maximum Gasteiger partial charge on any atom is -0.0175 e. The molecular weight excluding hydrogens is 312 g/mol. The summed E-state index contributed by atoms with van der Waals surface area (Å²) in [4.78, 5) is 0. The van der Waals surface area contributed by atoms with E-state index in [0.717, 1.165) is 24.2 Å². The first-order valence-corrected chi connectivity index (χ1v) is 11.1. The minimum absolute atomic E-state index is 0.835. The minimum Gasteiger partial charge on any atom is -0.0996 e. The number of allylic oxidation sites excluding steroid dienone is 8. The van der Waals surface area contributed by atoms with Gasteiger partial charge in [-0.15, -0.1) is 0 Å². The van der Waals surface area contributed by atoms with Crippen LogP contribution >= 0.6 is 0 Å². The lowest BCUT2D eigenvalue weighted by molar-refractivity contribution is 0.122. The molecule has 3 rings (SSSR count). The molecule has 0 aromatic rings. The summed E-state index contributed by atoms with van der Waals surface area (Å²) in [6, 6.07) is 0. The van der Waals surface area contributed by atoms with Crippen molar-refractivity contribution in [1.29, 1.82) is 0 Å². The first-order chi connectivity index (χ1) is 12.7. The molecular formula is C26H38. The lowest BCUT2D eigenvalue weighted by Crippen LogP contribution is -2.31. The molecule has 0 nitrogen and oxygen atoms in total. The van der Waals surface area contributed by atoms with Crippen molar-refractivity contribution in [3.05, 3.63) is 60.3 Å². The van der Waals surface area contributed by atoms with E-state index < -0.39 is 0 Å². The Labute approximate surface area is 161 Å². The van der Waals surface area contributed by atoms with Gasteiger partial charge in [-0.3, -0.25) is 0 Å². The van der Waals surface area contributed by atoms with Gasteiger partial charge >= 0.3 is 0 Å². The number of rotatable bonds is 8. The van der Waals surface area contributed by atoms with Gasteiger partial charge in [0.05, 0.1) is 0 Å². The Hall–Kier alpha value is -1.30. The molecule has 0 heteroatoms. The molecule has 0 saturated heterocycles. The van der Waals surface area contributed by atoms with Crippen LogP contribution in [0.3, 0.4) is 0 Å². The fourth-order valence-corrected chi connectivity index (χ4v) is 5.39. The van der Waals surface area contributed by atoms with E-state index in [1.54, 1.807) is 5.57 Å². The molecule has 3 unspecified atom stereocenters. The van der Waals surface area contributed by atoms with Crippen LogP contribution in [0.4, 0.5) is 0 Å². The second-order valence-corrected chi connectivity index (χ2v) is 8.79.